The first kappa shape index (κ1) is 14.3. The van der Waals surface area contributed by atoms with Gasteiger partial charge in [-0.15, -0.1) is 11.6 Å². The van der Waals surface area contributed by atoms with Crippen LogP contribution in [0.3, 0.4) is 0 Å². The monoisotopic (exact) mass is 290 g/mol. The molecule has 20 heavy (non-hydrogen) atoms. The van der Waals surface area contributed by atoms with Gasteiger partial charge in [0.25, 0.3) is 0 Å². The molecule has 1 aromatic heterocycles. The van der Waals surface area contributed by atoms with Gasteiger partial charge in [-0.05, 0) is 18.2 Å². The molecule has 0 aliphatic heterocycles. The fourth-order valence-electron chi connectivity index (χ4n) is 1.70. The Hall–Kier alpha value is -2.12. The number of nitrogens with zero attached hydrogens (tertiary/aromatic N) is 2. The van der Waals surface area contributed by atoms with Gasteiger partial charge < -0.3 is 9.47 Å². The predicted octanol–water partition coefficient (Wildman–Crippen LogP) is 2.60. The number of aromatic nitrogens is 2. The summed E-state index contributed by atoms with van der Waals surface area (Å²) in [6.07, 6.45) is 3.68. The van der Waals surface area contributed by atoms with Crippen molar-refractivity contribution < 1.29 is 9.47 Å². The molecular weight excluding hydrogens is 276 g/mol. The first-order valence-corrected chi connectivity index (χ1v) is 6.59. The lowest BCUT2D eigenvalue weighted by Crippen LogP contribution is -1.97. The van der Waals surface area contributed by atoms with Gasteiger partial charge in [0.05, 0.1) is 24.8 Å². The minimum Gasteiger partial charge on any atom is -0.497 e. The average Bonchev–Trinajstić information content (AvgIpc) is 2.89. The molecule has 1 aromatic carbocycles. The second-order valence-corrected chi connectivity index (χ2v) is 4.38. The van der Waals surface area contributed by atoms with Gasteiger partial charge in [-0.2, -0.15) is 5.10 Å². The molecule has 0 spiro atoms. The van der Waals surface area contributed by atoms with Crippen molar-refractivity contribution in [1.29, 1.82) is 0 Å². The smallest absolute Gasteiger partial charge is 0.135 e. The maximum atomic E-state index is 5.78. The van der Waals surface area contributed by atoms with E-state index in [2.05, 4.69) is 16.9 Å². The Balaban J connectivity index is 2.17. The fraction of sp³-hybridized carbons (Fsp3) is 0.267. The van der Waals surface area contributed by atoms with Gasteiger partial charge in [-0.25, -0.2) is 0 Å². The summed E-state index contributed by atoms with van der Waals surface area (Å²) in [6, 6.07) is 5.51. The molecule has 0 N–H and O–H groups in total. The van der Waals surface area contributed by atoms with Crippen molar-refractivity contribution >= 4 is 11.6 Å². The summed E-state index contributed by atoms with van der Waals surface area (Å²) in [5, 5.41) is 4.10. The average molecular weight is 291 g/mol. The molecule has 104 valence electrons. The van der Waals surface area contributed by atoms with E-state index >= 15 is 0 Å². The van der Waals surface area contributed by atoms with Crippen LogP contribution in [0, 0.1) is 11.8 Å². The van der Waals surface area contributed by atoms with Gasteiger partial charge in [0, 0.05) is 18.8 Å². The largest absolute Gasteiger partial charge is 0.497 e. The second-order valence-electron chi connectivity index (χ2n) is 4.11. The molecule has 0 amide bonds. The Kier molecular flexibility index (Phi) is 4.91. The molecule has 0 bridgehead atoms. The van der Waals surface area contributed by atoms with Gasteiger partial charge in [0.2, 0.25) is 0 Å². The molecule has 0 unspecified atom stereocenters. The summed E-state index contributed by atoms with van der Waals surface area (Å²) >= 11 is 5.60. The zero-order valence-electron chi connectivity index (χ0n) is 11.4. The van der Waals surface area contributed by atoms with E-state index in [9.17, 15) is 0 Å². The molecule has 0 saturated heterocycles. The number of aryl methyl sites for hydroxylation is 1. The van der Waals surface area contributed by atoms with Gasteiger partial charge in [0.1, 0.15) is 18.1 Å². The van der Waals surface area contributed by atoms with Crippen LogP contribution in [0.2, 0.25) is 0 Å². The number of alkyl halides is 1. The summed E-state index contributed by atoms with van der Waals surface area (Å²) in [7, 11) is 3.48. The maximum absolute atomic E-state index is 5.78. The van der Waals surface area contributed by atoms with E-state index in [0.717, 1.165) is 16.9 Å². The Morgan fingerprint density at radius 3 is 2.90 bits per heavy atom. The summed E-state index contributed by atoms with van der Waals surface area (Å²) in [5.41, 5.74) is 1.76. The highest BCUT2D eigenvalue weighted by Gasteiger charge is 2.05. The number of hydrogen-bond acceptors (Lipinski definition) is 3. The lowest BCUT2D eigenvalue weighted by molar-refractivity contribution is 0.304. The SMILES string of the molecule is COc1ccc(OCc2cnn(C)c2)c(C#CCCl)c1. The predicted molar refractivity (Wildman–Crippen MR) is 78.1 cm³/mol. The third-order valence-corrected chi connectivity index (χ3v) is 2.76. The van der Waals surface area contributed by atoms with Crippen molar-refractivity contribution in [3.8, 4) is 23.3 Å². The van der Waals surface area contributed by atoms with E-state index in [1.807, 2.05) is 31.4 Å². The molecule has 0 saturated carbocycles. The standard InChI is InChI=1S/C15H15ClN2O2/c1-18-10-12(9-17-18)11-20-15-6-5-14(19-2)8-13(15)4-3-7-16/h5-6,8-10H,7,11H2,1-2H3. The van der Waals surface area contributed by atoms with Crippen molar-refractivity contribution in [2.45, 2.75) is 6.61 Å². The molecule has 1 heterocycles. The third-order valence-electron chi connectivity index (χ3n) is 2.63. The highest BCUT2D eigenvalue weighted by Crippen LogP contribution is 2.24. The fourth-order valence-corrected chi connectivity index (χ4v) is 1.76. The Morgan fingerprint density at radius 2 is 2.25 bits per heavy atom. The molecule has 0 atom stereocenters. The number of methoxy groups -OCH3 is 1. The van der Waals surface area contributed by atoms with Gasteiger partial charge in [-0.1, -0.05) is 11.8 Å². The van der Waals surface area contributed by atoms with Gasteiger partial charge in [-0.3, -0.25) is 4.68 Å². The van der Waals surface area contributed by atoms with Crippen LogP contribution < -0.4 is 9.47 Å². The number of rotatable bonds is 4. The van der Waals surface area contributed by atoms with Crippen LogP contribution in [0.1, 0.15) is 11.1 Å². The van der Waals surface area contributed by atoms with Gasteiger partial charge >= 0.3 is 0 Å². The molecule has 2 rings (SSSR count). The zero-order chi connectivity index (χ0) is 14.4. The van der Waals surface area contributed by atoms with E-state index in [0.29, 0.717) is 12.4 Å². The number of halogens is 1. The van der Waals surface area contributed by atoms with Crippen LogP contribution in [-0.2, 0) is 13.7 Å². The molecule has 4 nitrogen and oxygen atoms in total. The molecule has 0 radical (unpaired) electrons. The minimum atomic E-state index is 0.277. The maximum Gasteiger partial charge on any atom is 0.135 e. The molecular formula is C15H15ClN2O2. The van der Waals surface area contributed by atoms with Crippen molar-refractivity contribution in [3.05, 3.63) is 41.7 Å². The van der Waals surface area contributed by atoms with E-state index in [1.54, 1.807) is 18.0 Å². The highest BCUT2D eigenvalue weighted by molar-refractivity contribution is 6.19. The van der Waals surface area contributed by atoms with E-state index < -0.39 is 0 Å². The van der Waals surface area contributed by atoms with Crippen LogP contribution in [-0.4, -0.2) is 22.8 Å². The molecule has 0 aliphatic carbocycles. The quantitative estimate of drug-likeness (QED) is 0.641. The Labute approximate surface area is 123 Å². The molecule has 0 aliphatic rings. The van der Waals surface area contributed by atoms with Crippen LogP contribution in [0.15, 0.2) is 30.6 Å². The van der Waals surface area contributed by atoms with Crippen molar-refractivity contribution in [2.75, 3.05) is 13.0 Å². The molecule has 0 fully saturated rings. The van der Waals surface area contributed by atoms with Crippen LogP contribution >= 0.6 is 11.6 Å². The van der Waals surface area contributed by atoms with Crippen LogP contribution in [0.5, 0.6) is 11.5 Å². The first-order valence-electron chi connectivity index (χ1n) is 6.06. The summed E-state index contributed by atoms with van der Waals surface area (Å²) < 4.78 is 12.7. The topological polar surface area (TPSA) is 36.3 Å². The number of hydrogen-bond donors (Lipinski definition) is 0. The van der Waals surface area contributed by atoms with E-state index in [4.69, 9.17) is 21.1 Å². The third kappa shape index (κ3) is 3.69. The summed E-state index contributed by atoms with van der Waals surface area (Å²) in [6.45, 7) is 0.440. The Bertz CT molecular complexity index is 641. The van der Waals surface area contributed by atoms with Crippen molar-refractivity contribution in [1.82, 2.24) is 9.78 Å². The summed E-state index contributed by atoms with van der Waals surface area (Å²) in [4.78, 5) is 0. The first-order chi connectivity index (χ1) is 9.72. The summed E-state index contributed by atoms with van der Waals surface area (Å²) in [5.74, 6) is 7.51. The minimum absolute atomic E-state index is 0.277. The van der Waals surface area contributed by atoms with Crippen LogP contribution in [0.4, 0.5) is 0 Å². The second kappa shape index (κ2) is 6.88. The van der Waals surface area contributed by atoms with Crippen LogP contribution in [0.25, 0.3) is 0 Å². The zero-order valence-corrected chi connectivity index (χ0v) is 12.1. The highest BCUT2D eigenvalue weighted by atomic mass is 35.5. The molecule has 5 heteroatoms. The molecule has 2 aromatic rings. The number of ether oxygens (including phenoxy) is 2. The normalized spacial score (nSPS) is 9.75. The van der Waals surface area contributed by atoms with Crippen molar-refractivity contribution in [2.24, 2.45) is 7.05 Å². The van der Waals surface area contributed by atoms with E-state index in [-0.39, 0.29) is 5.88 Å². The number of benzene rings is 1. The lowest BCUT2D eigenvalue weighted by atomic mass is 10.2. The van der Waals surface area contributed by atoms with E-state index in [1.165, 1.54) is 0 Å². The van der Waals surface area contributed by atoms with Crippen molar-refractivity contribution in [3.63, 3.8) is 0 Å². The lowest BCUT2D eigenvalue weighted by Gasteiger charge is -2.08. The van der Waals surface area contributed by atoms with Gasteiger partial charge in [0.15, 0.2) is 0 Å². The Morgan fingerprint density at radius 1 is 1.40 bits per heavy atom.